The zero-order valence-electron chi connectivity index (χ0n) is 9.20. The molecule has 0 aliphatic carbocycles. The third-order valence-corrected chi connectivity index (χ3v) is 2.46. The highest BCUT2D eigenvalue weighted by Gasteiger charge is 2.38. The van der Waals surface area contributed by atoms with Gasteiger partial charge in [0.2, 0.25) is 0 Å². The number of hydrogen-bond donors (Lipinski definition) is 0. The van der Waals surface area contributed by atoms with Crippen molar-refractivity contribution in [3.8, 4) is 0 Å². The summed E-state index contributed by atoms with van der Waals surface area (Å²) in [5.41, 5.74) is -3.71. The van der Waals surface area contributed by atoms with Gasteiger partial charge in [-0.05, 0) is 18.2 Å². The van der Waals surface area contributed by atoms with Gasteiger partial charge in [-0.2, -0.15) is 26.3 Å². The predicted octanol–water partition coefficient (Wildman–Crippen LogP) is 4.54. The van der Waals surface area contributed by atoms with Crippen LogP contribution in [0.4, 0.5) is 26.3 Å². The van der Waals surface area contributed by atoms with Crippen molar-refractivity contribution < 1.29 is 31.1 Å². The minimum atomic E-state index is -4.90. The molecular formula is C11H7ClF6O. The quantitative estimate of drug-likeness (QED) is 0.455. The number of carbonyl (C=O) groups excluding carboxylic acids is 1. The van der Waals surface area contributed by atoms with E-state index in [0.29, 0.717) is 6.07 Å². The average molecular weight is 305 g/mol. The van der Waals surface area contributed by atoms with Crippen LogP contribution in [0.3, 0.4) is 0 Å². The number of ketones is 1. The van der Waals surface area contributed by atoms with Crippen molar-refractivity contribution in [1.82, 2.24) is 0 Å². The molecule has 0 bridgehead atoms. The Bertz CT molecular complexity index is 477. The van der Waals surface area contributed by atoms with E-state index in [4.69, 9.17) is 11.6 Å². The Morgan fingerprint density at radius 2 is 1.63 bits per heavy atom. The van der Waals surface area contributed by atoms with Gasteiger partial charge in [-0.15, -0.1) is 11.6 Å². The van der Waals surface area contributed by atoms with E-state index < -0.39 is 41.2 Å². The molecule has 0 aromatic heterocycles. The minimum absolute atomic E-state index is 0.206. The molecule has 0 spiro atoms. The fraction of sp³-hybridized carbons (Fsp3) is 0.364. The van der Waals surface area contributed by atoms with Gasteiger partial charge in [0.1, 0.15) is 0 Å². The molecule has 0 heterocycles. The van der Waals surface area contributed by atoms with Crippen LogP contribution in [-0.2, 0) is 12.4 Å². The maximum Gasteiger partial charge on any atom is 0.417 e. The molecule has 0 radical (unpaired) electrons. The second-order valence-corrected chi connectivity index (χ2v) is 4.00. The molecule has 0 aliphatic rings. The van der Waals surface area contributed by atoms with E-state index in [9.17, 15) is 31.1 Å². The first kappa shape index (κ1) is 15.8. The van der Waals surface area contributed by atoms with Crippen LogP contribution in [0.2, 0.25) is 0 Å². The van der Waals surface area contributed by atoms with Crippen molar-refractivity contribution >= 4 is 17.4 Å². The summed E-state index contributed by atoms with van der Waals surface area (Å²) in [6, 6.07) is 0.752. The van der Waals surface area contributed by atoms with Gasteiger partial charge in [0.05, 0.1) is 11.1 Å². The molecule has 1 aromatic rings. The molecule has 0 amide bonds. The zero-order chi connectivity index (χ0) is 14.8. The molecule has 8 heteroatoms. The lowest BCUT2D eigenvalue weighted by Crippen LogP contribution is -2.16. The highest BCUT2D eigenvalue weighted by Crippen LogP contribution is 2.36. The van der Waals surface area contributed by atoms with Crippen molar-refractivity contribution in [2.24, 2.45) is 0 Å². The highest BCUT2D eigenvalue weighted by molar-refractivity contribution is 6.19. The van der Waals surface area contributed by atoms with Gasteiger partial charge in [0.15, 0.2) is 5.78 Å². The SMILES string of the molecule is O=C(CCCl)c1cc(C(F)(F)F)ccc1C(F)(F)F. The normalized spacial score (nSPS) is 12.6. The second kappa shape index (κ2) is 5.40. The van der Waals surface area contributed by atoms with Gasteiger partial charge in [-0.25, -0.2) is 0 Å². The molecule has 0 unspecified atom stereocenters. The predicted molar refractivity (Wildman–Crippen MR) is 56.1 cm³/mol. The van der Waals surface area contributed by atoms with Crippen molar-refractivity contribution in [3.63, 3.8) is 0 Å². The van der Waals surface area contributed by atoms with E-state index in [0.717, 1.165) is 0 Å². The van der Waals surface area contributed by atoms with Crippen LogP contribution < -0.4 is 0 Å². The summed E-state index contributed by atoms with van der Waals surface area (Å²) in [6.45, 7) is 0. The van der Waals surface area contributed by atoms with E-state index in [-0.39, 0.29) is 18.0 Å². The largest absolute Gasteiger partial charge is 0.417 e. The molecule has 19 heavy (non-hydrogen) atoms. The smallest absolute Gasteiger partial charge is 0.294 e. The Kier molecular flexibility index (Phi) is 4.50. The summed E-state index contributed by atoms with van der Waals surface area (Å²) in [7, 11) is 0. The number of hydrogen-bond acceptors (Lipinski definition) is 1. The van der Waals surface area contributed by atoms with Crippen LogP contribution in [0.25, 0.3) is 0 Å². The van der Waals surface area contributed by atoms with E-state index in [1.807, 2.05) is 0 Å². The van der Waals surface area contributed by atoms with E-state index in [1.165, 1.54) is 0 Å². The summed E-state index contributed by atoms with van der Waals surface area (Å²) in [6.07, 6.45) is -10.2. The van der Waals surface area contributed by atoms with Gasteiger partial charge < -0.3 is 0 Å². The van der Waals surface area contributed by atoms with Gasteiger partial charge in [0.25, 0.3) is 0 Å². The topological polar surface area (TPSA) is 17.1 Å². The number of benzene rings is 1. The Morgan fingerprint density at radius 1 is 1.05 bits per heavy atom. The van der Waals surface area contributed by atoms with Crippen molar-refractivity contribution in [2.45, 2.75) is 18.8 Å². The molecule has 1 rings (SSSR count). The molecule has 0 saturated carbocycles. The molecule has 0 fully saturated rings. The summed E-state index contributed by atoms with van der Waals surface area (Å²) >= 11 is 5.22. The lowest BCUT2D eigenvalue weighted by molar-refractivity contribution is -0.141. The van der Waals surface area contributed by atoms with Gasteiger partial charge in [0, 0.05) is 17.9 Å². The third kappa shape index (κ3) is 3.86. The number of alkyl halides is 7. The molecule has 0 saturated heterocycles. The van der Waals surface area contributed by atoms with Crippen molar-refractivity contribution in [2.75, 3.05) is 5.88 Å². The van der Waals surface area contributed by atoms with Crippen LogP contribution in [0, 0.1) is 0 Å². The number of carbonyl (C=O) groups is 1. The van der Waals surface area contributed by atoms with Crippen molar-refractivity contribution in [1.29, 1.82) is 0 Å². The minimum Gasteiger partial charge on any atom is -0.294 e. The van der Waals surface area contributed by atoms with E-state index in [1.54, 1.807) is 0 Å². The Morgan fingerprint density at radius 3 is 2.05 bits per heavy atom. The summed E-state index contributed by atoms with van der Waals surface area (Å²) in [5.74, 6) is -1.35. The van der Waals surface area contributed by atoms with Crippen LogP contribution >= 0.6 is 11.6 Å². The molecule has 1 nitrogen and oxygen atoms in total. The number of halogens is 7. The Hall–Kier alpha value is -1.24. The summed E-state index contributed by atoms with van der Waals surface area (Å²) in [5, 5.41) is 0. The van der Waals surface area contributed by atoms with Crippen LogP contribution in [0.5, 0.6) is 0 Å². The number of Topliss-reactive ketones (excluding diaryl/α,β-unsaturated/α-hetero) is 1. The summed E-state index contributed by atoms with van der Waals surface area (Å²) in [4.78, 5) is 11.4. The first-order chi connectivity index (χ1) is 8.57. The fourth-order valence-corrected chi connectivity index (χ4v) is 1.59. The molecule has 0 aliphatic heterocycles. The summed E-state index contributed by atoms with van der Waals surface area (Å²) < 4.78 is 75.1. The Labute approximate surface area is 109 Å². The maximum absolute atomic E-state index is 12.6. The monoisotopic (exact) mass is 304 g/mol. The standard InChI is InChI=1S/C11H7ClF6O/c12-4-3-9(19)7-5-6(10(13,14)15)1-2-8(7)11(16,17)18/h1-2,5H,3-4H2. The van der Waals surface area contributed by atoms with Gasteiger partial charge in [-0.3, -0.25) is 4.79 Å². The first-order valence-electron chi connectivity index (χ1n) is 4.95. The fourth-order valence-electron chi connectivity index (χ4n) is 1.42. The van der Waals surface area contributed by atoms with Crippen LogP contribution in [0.15, 0.2) is 18.2 Å². The highest BCUT2D eigenvalue weighted by atomic mass is 35.5. The molecule has 1 aromatic carbocycles. The molecule has 106 valence electrons. The zero-order valence-corrected chi connectivity index (χ0v) is 9.96. The van der Waals surface area contributed by atoms with Gasteiger partial charge in [-0.1, -0.05) is 0 Å². The third-order valence-electron chi connectivity index (χ3n) is 2.27. The molecule has 0 atom stereocenters. The van der Waals surface area contributed by atoms with Crippen LogP contribution in [0.1, 0.15) is 27.9 Å². The number of rotatable bonds is 3. The lowest BCUT2D eigenvalue weighted by atomic mass is 9.98. The Balaban J connectivity index is 3.39. The average Bonchev–Trinajstić information content (AvgIpc) is 2.26. The maximum atomic E-state index is 12.6. The van der Waals surface area contributed by atoms with Crippen LogP contribution in [-0.4, -0.2) is 11.7 Å². The lowest BCUT2D eigenvalue weighted by Gasteiger charge is -2.14. The van der Waals surface area contributed by atoms with Crippen molar-refractivity contribution in [3.05, 3.63) is 34.9 Å². The second-order valence-electron chi connectivity index (χ2n) is 3.62. The van der Waals surface area contributed by atoms with E-state index in [2.05, 4.69) is 0 Å². The molecular weight excluding hydrogens is 298 g/mol. The van der Waals surface area contributed by atoms with E-state index >= 15 is 0 Å². The first-order valence-corrected chi connectivity index (χ1v) is 5.48. The van der Waals surface area contributed by atoms with Gasteiger partial charge >= 0.3 is 12.4 Å². The molecule has 0 N–H and O–H groups in total.